The van der Waals surface area contributed by atoms with Crippen LogP contribution in [0, 0.1) is 6.92 Å². The maximum Gasteiger partial charge on any atom is 0.349 e. The number of ether oxygens (including phenoxy) is 2. The van der Waals surface area contributed by atoms with Crippen LogP contribution in [0.15, 0.2) is 48.5 Å². The van der Waals surface area contributed by atoms with E-state index >= 15 is 0 Å². The van der Waals surface area contributed by atoms with Crippen LogP contribution < -0.4 is 9.47 Å². The average molecular weight is 298 g/mol. The molecule has 0 saturated carbocycles. The summed E-state index contributed by atoms with van der Waals surface area (Å²) in [7, 11) is 0. The van der Waals surface area contributed by atoms with Gasteiger partial charge in [0.1, 0.15) is 11.5 Å². The molecule has 2 aromatic carbocycles. The molecule has 0 N–H and O–H groups in total. The molecule has 0 bridgehead atoms. The van der Waals surface area contributed by atoms with E-state index in [4.69, 9.17) is 9.47 Å². The normalized spacial score (nSPS) is 11.1. The van der Waals surface area contributed by atoms with Gasteiger partial charge in [-0.05, 0) is 30.0 Å². The first-order valence-corrected chi connectivity index (χ1v) is 7.36. The molecule has 0 fully saturated rings. The Labute approximate surface area is 131 Å². The molecule has 0 aliphatic rings. The third-order valence-corrected chi connectivity index (χ3v) is 3.36. The minimum Gasteiger partial charge on any atom is -0.482 e. The fourth-order valence-corrected chi connectivity index (χ4v) is 2.18. The van der Waals surface area contributed by atoms with Crippen molar-refractivity contribution in [1.82, 2.24) is 0 Å². The topological polar surface area (TPSA) is 35.5 Å². The van der Waals surface area contributed by atoms with E-state index in [9.17, 15) is 4.79 Å². The Kier molecular flexibility index (Phi) is 4.86. The molecule has 0 aliphatic heterocycles. The van der Waals surface area contributed by atoms with Crippen LogP contribution in [0.3, 0.4) is 0 Å². The zero-order valence-corrected chi connectivity index (χ0v) is 13.6. The molecule has 0 radical (unpaired) electrons. The number of aryl methyl sites for hydroxylation is 1. The molecule has 22 heavy (non-hydrogen) atoms. The van der Waals surface area contributed by atoms with Gasteiger partial charge in [0.05, 0.1) is 0 Å². The van der Waals surface area contributed by atoms with Gasteiger partial charge < -0.3 is 9.47 Å². The Balaban J connectivity index is 2.03. The molecule has 0 aromatic heterocycles. The van der Waals surface area contributed by atoms with Crippen molar-refractivity contribution in [3.8, 4) is 11.5 Å². The molecule has 0 aliphatic carbocycles. The smallest absolute Gasteiger partial charge is 0.349 e. The molecule has 0 spiro atoms. The monoisotopic (exact) mass is 298 g/mol. The summed E-state index contributed by atoms with van der Waals surface area (Å²) in [6.07, 6.45) is 0. The van der Waals surface area contributed by atoms with Gasteiger partial charge in [-0.2, -0.15) is 0 Å². The summed E-state index contributed by atoms with van der Waals surface area (Å²) >= 11 is 0. The van der Waals surface area contributed by atoms with Crippen LogP contribution in [0.4, 0.5) is 0 Å². The average Bonchev–Trinajstić information content (AvgIpc) is 2.46. The number of hydrogen-bond acceptors (Lipinski definition) is 3. The molecular formula is C19H22O3. The number of para-hydroxylation sites is 2. The molecule has 2 aromatic rings. The van der Waals surface area contributed by atoms with Crippen LogP contribution in [0.5, 0.6) is 11.5 Å². The van der Waals surface area contributed by atoms with Gasteiger partial charge in [-0.25, -0.2) is 4.79 Å². The van der Waals surface area contributed by atoms with Crippen molar-refractivity contribution in [2.24, 2.45) is 0 Å². The maximum absolute atomic E-state index is 12.0. The molecule has 0 unspecified atom stereocenters. The van der Waals surface area contributed by atoms with E-state index in [-0.39, 0.29) is 12.0 Å². The zero-order valence-electron chi connectivity index (χ0n) is 13.6. The number of carbonyl (C=O) groups is 1. The summed E-state index contributed by atoms with van der Waals surface area (Å²) in [6.45, 7) is 8.09. The highest BCUT2D eigenvalue weighted by Crippen LogP contribution is 2.31. The summed E-state index contributed by atoms with van der Waals surface area (Å²) in [6, 6.07) is 15.2. The second-order valence-corrected chi connectivity index (χ2v) is 6.27. The molecule has 0 amide bonds. The number of benzene rings is 2. The Morgan fingerprint density at radius 1 is 0.955 bits per heavy atom. The third kappa shape index (κ3) is 4.10. The van der Waals surface area contributed by atoms with Crippen molar-refractivity contribution < 1.29 is 14.3 Å². The molecule has 116 valence electrons. The largest absolute Gasteiger partial charge is 0.482 e. The zero-order chi connectivity index (χ0) is 16.2. The lowest BCUT2D eigenvalue weighted by Crippen LogP contribution is -2.21. The summed E-state index contributed by atoms with van der Waals surface area (Å²) in [5.74, 6) is 0.886. The highest BCUT2D eigenvalue weighted by molar-refractivity contribution is 5.74. The number of rotatable bonds is 4. The quantitative estimate of drug-likeness (QED) is 0.624. The minimum absolute atomic E-state index is 0.0895. The van der Waals surface area contributed by atoms with Crippen LogP contribution in [-0.2, 0) is 10.2 Å². The molecule has 0 saturated heterocycles. The number of carbonyl (C=O) groups excluding carboxylic acids is 1. The van der Waals surface area contributed by atoms with E-state index in [0.29, 0.717) is 11.5 Å². The van der Waals surface area contributed by atoms with E-state index in [1.165, 1.54) is 0 Å². The van der Waals surface area contributed by atoms with Crippen LogP contribution >= 0.6 is 0 Å². The van der Waals surface area contributed by atoms with E-state index in [0.717, 1.165) is 11.1 Å². The standard InChI is InChI=1S/C19H22O3/c1-14-9-5-7-11-16(14)21-13-18(20)22-17-12-8-6-10-15(17)19(2,3)4/h5-12H,13H2,1-4H3. The molecule has 3 heteroatoms. The second kappa shape index (κ2) is 6.65. The lowest BCUT2D eigenvalue weighted by Gasteiger charge is -2.22. The Hall–Kier alpha value is -2.29. The van der Waals surface area contributed by atoms with Crippen molar-refractivity contribution in [3.05, 3.63) is 59.7 Å². The fourth-order valence-electron chi connectivity index (χ4n) is 2.18. The Bertz CT molecular complexity index is 654. The summed E-state index contributed by atoms with van der Waals surface area (Å²) in [5, 5.41) is 0. The van der Waals surface area contributed by atoms with Gasteiger partial charge in [0.2, 0.25) is 0 Å². The molecular weight excluding hydrogens is 276 g/mol. The van der Waals surface area contributed by atoms with Gasteiger partial charge in [-0.15, -0.1) is 0 Å². The predicted molar refractivity (Wildman–Crippen MR) is 87.5 cm³/mol. The van der Waals surface area contributed by atoms with Gasteiger partial charge in [-0.3, -0.25) is 0 Å². The minimum atomic E-state index is -0.403. The van der Waals surface area contributed by atoms with Crippen LogP contribution in [0.2, 0.25) is 0 Å². The second-order valence-electron chi connectivity index (χ2n) is 6.27. The van der Waals surface area contributed by atoms with Crippen molar-refractivity contribution >= 4 is 5.97 Å². The van der Waals surface area contributed by atoms with Gasteiger partial charge in [-0.1, -0.05) is 57.2 Å². The van der Waals surface area contributed by atoms with Crippen LogP contribution in [0.25, 0.3) is 0 Å². The molecule has 0 heterocycles. The predicted octanol–water partition coefficient (Wildman–Crippen LogP) is 4.28. The van der Waals surface area contributed by atoms with Crippen LogP contribution in [-0.4, -0.2) is 12.6 Å². The summed E-state index contributed by atoms with van der Waals surface area (Å²) in [4.78, 5) is 12.0. The van der Waals surface area contributed by atoms with Gasteiger partial charge in [0.15, 0.2) is 6.61 Å². The van der Waals surface area contributed by atoms with E-state index in [1.807, 2.05) is 55.5 Å². The van der Waals surface area contributed by atoms with Crippen molar-refractivity contribution in [2.75, 3.05) is 6.61 Å². The lowest BCUT2D eigenvalue weighted by molar-refractivity contribution is -0.136. The van der Waals surface area contributed by atoms with Crippen molar-refractivity contribution in [3.63, 3.8) is 0 Å². The number of esters is 1. The number of hydrogen-bond donors (Lipinski definition) is 0. The first kappa shape index (κ1) is 16.1. The lowest BCUT2D eigenvalue weighted by atomic mass is 9.86. The van der Waals surface area contributed by atoms with E-state index in [1.54, 1.807) is 0 Å². The van der Waals surface area contributed by atoms with Crippen molar-refractivity contribution in [2.45, 2.75) is 33.1 Å². The Morgan fingerprint density at radius 3 is 2.18 bits per heavy atom. The van der Waals surface area contributed by atoms with Gasteiger partial charge in [0.25, 0.3) is 0 Å². The van der Waals surface area contributed by atoms with Crippen molar-refractivity contribution in [1.29, 1.82) is 0 Å². The van der Waals surface area contributed by atoms with Gasteiger partial charge >= 0.3 is 5.97 Å². The molecule has 2 rings (SSSR count). The maximum atomic E-state index is 12.0. The Morgan fingerprint density at radius 2 is 1.55 bits per heavy atom. The molecule has 3 nitrogen and oxygen atoms in total. The van der Waals surface area contributed by atoms with E-state index < -0.39 is 5.97 Å². The highest BCUT2D eigenvalue weighted by atomic mass is 16.6. The summed E-state index contributed by atoms with van der Waals surface area (Å²) in [5.41, 5.74) is 1.90. The molecule has 0 atom stereocenters. The van der Waals surface area contributed by atoms with E-state index in [2.05, 4.69) is 20.8 Å². The van der Waals surface area contributed by atoms with Gasteiger partial charge in [0, 0.05) is 5.56 Å². The SMILES string of the molecule is Cc1ccccc1OCC(=O)Oc1ccccc1C(C)(C)C. The fraction of sp³-hybridized carbons (Fsp3) is 0.316. The first-order valence-electron chi connectivity index (χ1n) is 7.36. The third-order valence-electron chi connectivity index (χ3n) is 3.36. The highest BCUT2D eigenvalue weighted by Gasteiger charge is 2.20. The summed E-state index contributed by atoms with van der Waals surface area (Å²) < 4.78 is 11.0. The van der Waals surface area contributed by atoms with Crippen LogP contribution in [0.1, 0.15) is 31.9 Å². The first-order chi connectivity index (χ1) is 10.4.